The van der Waals surface area contributed by atoms with Crippen molar-refractivity contribution in [2.75, 3.05) is 24.5 Å². The standard InChI is InChI=1S/C18H23N3O4/c22-16-4-2-10-21(16)15-7-5-13(6-8-15)11-19-18(25)20-9-1-3-14(12-20)17(23)24/h5-8,14H,1-4,9-12H2,(H,19,25)(H,23,24). The van der Waals surface area contributed by atoms with Gasteiger partial charge in [-0.2, -0.15) is 0 Å². The maximum atomic E-state index is 12.2. The molecule has 0 aromatic heterocycles. The molecule has 2 aliphatic heterocycles. The van der Waals surface area contributed by atoms with Gasteiger partial charge < -0.3 is 20.2 Å². The van der Waals surface area contributed by atoms with Gasteiger partial charge in [-0.25, -0.2) is 4.79 Å². The molecule has 1 unspecified atom stereocenters. The number of benzene rings is 1. The molecule has 2 saturated heterocycles. The molecule has 134 valence electrons. The smallest absolute Gasteiger partial charge is 0.317 e. The molecule has 1 aromatic rings. The Hall–Kier alpha value is -2.57. The van der Waals surface area contributed by atoms with Crippen molar-refractivity contribution in [3.05, 3.63) is 29.8 Å². The third-order valence-electron chi connectivity index (χ3n) is 4.82. The van der Waals surface area contributed by atoms with Crippen molar-refractivity contribution in [3.63, 3.8) is 0 Å². The molecule has 0 radical (unpaired) electrons. The number of hydrogen-bond acceptors (Lipinski definition) is 3. The van der Waals surface area contributed by atoms with Crippen LogP contribution in [-0.2, 0) is 16.1 Å². The van der Waals surface area contributed by atoms with Gasteiger partial charge in [-0.15, -0.1) is 0 Å². The van der Waals surface area contributed by atoms with Gasteiger partial charge in [0.2, 0.25) is 5.91 Å². The molecule has 2 fully saturated rings. The van der Waals surface area contributed by atoms with Crippen molar-refractivity contribution in [1.29, 1.82) is 0 Å². The fourth-order valence-electron chi connectivity index (χ4n) is 3.37. The maximum absolute atomic E-state index is 12.2. The van der Waals surface area contributed by atoms with Gasteiger partial charge in [0.05, 0.1) is 5.92 Å². The fraction of sp³-hybridized carbons (Fsp3) is 0.500. The molecule has 1 aromatic carbocycles. The zero-order chi connectivity index (χ0) is 17.8. The van der Waals surface area contributed by atoms with Crippen LogP contribution in [0.3, 0.4) is 0 Å². The summed E-state index contributed by atoms with van der Waals surface area (Å²) in [7, 11) is 0. The zero-order valence-corrected chi connectivity index (χ0v) is 14.1. The molecule has 0 spiro atoms. The lowest BCUT2D eigenvalue weighted by molar-refractivity contribution is -0.143. The van der Waals surface area contributed by atoms with Crippen LogP contribution in [0.4, 0.5) is 10.5 Å². The van der Waals surface area contributed by atoms with E-state index in [-0.39, 0.29) is 18.5 Å². The molecule has 7 nitrogen and oxygen atoms in total. The number of nitrogens with one attached hydrogen (secondary N) is 1. The number of aliphatic carboxylic acids is 1. The maximum Gasteiger partial charge on any atom is 0.317 e. The fourth-order valence-corrected chi connectivity index (χ4v) is 3.37. The predicted molar refractivity (Wildman–Crippen MR) is 92.2 cm³/mol. The summed E-state index contributed by atoms with van der Waals surface area (Å²) in [5, 5.41) is 11.9. The van der Waals surface area contributed by atoms with Gasteiger partial charge in [0, 0.05) is 38.3 Å². The first kappa shape index (κ1) is 17.3. The monoisotopic (exact) mass is 345 g/mol. The zero-order valence-electron chi connectivity index (χ0n) is 14.1. The second-order valence-corrected chi connectivity index (χ2v) is 6.60. The van der Waals surface area contributed by atoms with Crippen LogP contribution in [-0.4, -0.2) is 47.5 Å². The minimum Gasteiger partial charge on any atom is -0.481 e. The normalized spacial score (nSPS) is 20.6. The van der Waals surface area contributed by atoms with Crippen molar-refractivity contribution < 1.29 is 19.5 Å². The predicted octanol–water partition coefficient (Wildman–Crippen LogP) is 1.82. The molecule has 7 heteroatoms. The van der Waals surface area contributed by atoms with E-state index in [1.54, 1.807) is 9.80 Å². The van der Waals surface area contributed by atoms with Gasteiger partial charge in [0.25, 0.3) is 0 Å². The Morgan fingerprint density at radius 2 is 1.92 bits per heavy atom. The van der Waals surface area contributed by atoms with Crippen LogP contribution >= 0.6 is 0 Å². The lowest BCUT2D eigenvalue weighted by Crippen LogP contribution is -2.46. The second kappa shape index (κ2) is 7.55. The Morgan fingerprint density at radius 3 is 2.56 bits per heavy atom. The van der Waals surface area contributed by atoms with E-state index >= 15 is 0 Å². The largest absolute Gasteiger partial charge is 0.481 e. The molecule has 0 bridgehead atoms. The molecule has 25 heavy (non-hydrogen) atoms. The number of anilines is 1. The van der Waals surface area contributed by atoms with E-state index in [2.05, 4.69) is 5.32 Å². The summed E-state index contributed by atoms with van der Waals surface area (Å²) in [4.78, 5) is 38.4. The highest BCUT2D eigenvalue weighted by Gasteiger charge is 2.28. The molecule has 3 amide bonds. The molecule has 3 rings (SSSR count). The van der Waals surface area contributed by atoms with E-state index in [0.29, 0.717) is 32.4 Å². The number of carbonyl (C=O) groups is 3. The Balaban J connectivity index is 1.52. The average molecular weight is 345 g/mol. The Labute approximate surface area is 146 Å². The lowest BCUT2D eigenvalue weighted by Gasteiger charge is -2.30. The number of rotatable bonds is 4. The topological polar surface area (TPSA) is 89.9 Å². The molecule has 2 aliphatic rings. The van der Waals surface area contributed by atoms with Gasteiger partial charge >= 0.3 is 12.0 Å². The molecule has 2 N–H and O–H groups in total. The van der Waals surface area contributed by atoms with Crippen molar-refractivity contribution >= 4 is 23.6 Å². The summed E-state index contributed by atoms with van der Waals surface area (Å²) in [5.41, 5.74) is 1.83. The molecule has 1 atom stereocenters. The number of amides is 3. The number of likely N-dealkylation sites (tertiary alicyclic amines) is 1. The van der Waals surface area contributed by atoms with Crippen LogP contribution in [0.15, 0.2) is 24.3 Å². The third-order valence-corrected chi connectivity index (χ3v) is 4.82. The summed E-state index contributed by atoms with van der Waals surface area (Å²) in [6.07, 6.45) is 2.83. The lowest BCUT2D eigenvalue weighted by atomic mass is 9.99. The van der Waals surface area contributed by atoms with Crippen LogP contribution in [0, 0.1) is 5.92 Å². The van der Waals surface area contributed by atoms with Crippen LogP contribution in [0.25, 0.3) is 0 Å². The van der Waals surface area contributed by atoms with Gasteiger partial charge in [0.1, 0.15) is 0 Å². The Kier molecular flexibility index (Phi) is 5.21. The number of carboxylic acid groups (broad SMARTS) is 1. The van der Waals surface area contributed by atoms with Gasteiger partial charge in [-0.05, 0) is 37.0 Å². The van der Waals surface area contributed by atoms with E-state index < -0.39 is 11.9 Å². The Morgan fingerprint density at radius 1 is 1.16 bits per heavy atom. The summed E-state index contributed by atoms with van der Waals surface area (Å²) >= 11 is 0. The van der Waals surface area contributed by atoms with Gasteiger partial charge in [-0.1, -0.05) is 12.1 Å². The number of urea groups is 1. The van der Waals surface area contributed by atoms with E-state index in [1.165, 1.54) is 0 Å². The quantitative estimate of drug-likeness (QED) is 0.871. The van der Waals surface area contributed by atoms with E-state index in [0.717, 1.165) is 24.2 Å². The van der Waals surface area contributed by atoms with Crippen molar-refractivity contribution in [2.45, 2.75) is 32.2 Å². The van der Waals surface area contributed by atoms with Crippen LogP contribution in [0.2, 0.25) is 0 Å². The minimum absolute atomic E-state index is 0.152. The average Bonchev–Trinajstić information content (AvgIpc) is 3.06. The summed E-state index contributed by atoms with van der Waals surface area (Å²) in [6, 6.07) is 7.36. The van der Waals surface area contributed by atoms with E-state index in [4.69, 9.17) is 5.11 Å². The summed E-state index contributed by atoms with van der Waals surface area (Å²) in [6.45, 7) is 1.98. The Bertz CT molecular complexity index is 659. The van der Waals surface area contributed by atoms with Gasteiger partial charge in [0.15, 0.2) is 0 Å². The second-order valence-electron chi connectivity index (χ2n) is 6.60. The van der Waals surface area contributed by atoms with E-state index in [9.17, 15) is 14.4 Å². The highest BCUT2D eigenvalue weighted by atomic mass is 16.4. The van der Waals surface area contributed by atoms with Crippen molar-refractivity contribution in [2.24, 2.45) is 5.92 Å². The highest BCUT2D eigenvalue weighted by Crippen LogP contribution is 2.21. The molecule has 0 saturated carbocycles. The van der Waals surface area contributed by atoms with E-state index in [1.807, 2.05) is 24.3 Å². The summed E-state index contributed by atoms with van der Waals surface area (Å²) < 4.78 is 0. The number of carbonyl (C=O) groups excluding carboxylic acids is 2. The summed E-state index contributed by atoms with van der Waals surface area (Å²) in [5.74, 6) is -1.17. The van der Waals surface area contributed by atoms with Crippen LogP contribution in [0.1, 0.15) is 31.2 Å². The first-order valence-corrected chi connectivity index (χ1v) is 8.69. The molecule has 0 aliphatic carbocycles. The highest BCUT2D eigenvalue weighted by molar-refractivity contribution is 5.95. The third kappa shape index (κ3) is 4.10. The number of piperidine rings is 1. The molecular weight excluding hydrogens is 322 g/mol. The van der Waals surface area contributed by atoms with Crippen LogP contribution < -0.4 is 10.2 Å². The molecular formula is C18H23N3O4. The number of hydrogen-bond donors (Lipinski definition) is 2. The van der Waals surface area contributed by atoms with Crippen molar-refractivity contribution in [1.82, 2.24) is 10.2 Å². The number of nitrogens with zero attached hydrogens (tertiary/aromatic N) is 2. The first-order valence-electron chi connectivity index (χ1n) is 8.69. The van der Waals surface area contributed by atoms with Crippen LogP contribution in [0.5, 0.6) is 0 Å². The van der Waals surface area contributed by atoms with Gasteiger partial charge in [-0.3, -0.25) is 9.59 Å². The molecule has 2 heterocycles. The van der Waals surface area contributed by atoms with Crippen molar-refractivity contribution in [3.8, 4) is 0 Å². The number of carboxylic acids is 1. The minimum atomic E-state index is -0.843. The first-order chi connectivity index (χ1) is 12.0. The SMILES string of the molecule is O=C(O)C1CCCN(C(=O)NCc2ccc(N3CCCC3=O)cc2)C1.